The first kappa shape index (κ1) is 22.4. The predicted octanol–water partition coefficient (Wildman–Crippen LogP) is 3.55. The molecule has 2 aromatic rings. The molecule has 1 unspecified atom stereocenters. The number of rotatable bonds is 9. The molecule has 6 heteroatoms. The first-order valence-electron chi connectivity index (χ1n) is 9.89. The molecule has 154 valence electrons. The summed E-state index contributed by atoms with van der Waals surface area (Å²) in [6.07, 6.45) is 0. The Kier molecular flexibility index (Phi) is 8.48. The maximum absolute atomic E-state index is 10.7. The highest BCUT2D eigenvalue weighted by atomic mass is 32.1. The van der Waals surface area contributed by atoms with Gasteiger partial charge in [-0.25, -0.2) is 4.99 Å². The van der Waals surface area contributed by atoms with Crippen molar-refractivity contribution in [3.05, 3.63) is 57.8 Å². The molecule has 1 aromatic heterocycles. The zero-order valence-corrected chi connectivity index (χ0v) is 18.5. The van der Waals surface area contributed by atoms with Crippen LogP contribution in [-0.2, 0) is 18.7 Å². The maximum atomic E-state index is 10.7. The average molecular weight is 403 g/mol. The summed E-state index contributed by atoms with van der Waals surface area (Å²) in [5.74, 6) is 0.714. The summed E-state index contributed by atoms with van der Waals surface area (Å²) in [5.41, 5.74) is 1.59. The summed E-state index contributed by atoms with van der Waals surface area (Å²) in [7, 11) is 2.14. The van der Waals surface area contributed by atoms with Crippen molar-refractivity contribution >= 4 is 17.3 Å². The van der Waals surface area contributed by atoms with E-state index in [9.17, 15) is 5.11 Å². The fourth-order valence-corrected chi connectivity index (χ4v) is 3.54. The number of hydrogen-bond donors (Lipinski definition) is 3. The molecule has 5 nitrogen and oxygen atoms in total. The molecule has 0 aliphatic rings. The Hall–Kier alpha value is -1.89. The number of hydrogen-bond acceptors (Lipinski definition) is 4. The van der Waals surface area contributed by atoms with Crippen LogP contribution in [0, 0.1) is 0 Å². The third-order valence-electron chi connectivity index (χ3n) is 4.82. The molecule has 2 rings (SSSR count). The van der Waals surface area contributed by atoms with Crippen LogP contribution in [0.2, 0.25) is 0 Å². The quantitative estimate of drug-likeness (QED) is 0.443. The molecule has 0 radical (unpaired) electrons. The van der Waals surface area contributed by atoms with Gasteiger partial charge in [0.15, 0.2) is 5.96 Å². The van der Waals surface area contributed by atoms with E-state index in [4.69, 9.17) is 4.99 Å². The predicted molar refractivity (Wildman–Crippen MR) is 120 cm³/mol. The Morgan fingerprint density at radius 3 is 2.50 bits per heavy atom. The minimum atomic E-state index is -0.928. The van der Waals surface area contributed by atoms with E-state index >= 15 is 0 Å². The van der Waals surface area contributed by atoms with Crippen molar-refractivity contribution in [2.75, 3.05) is 20.1 Å². The van der Waals surface area contributed by atoms with Gasteiger partial charge in [0.2, 0.25) is 0 Å². The molecule has 0 aliphatic heterocycles. The van der Waals surface area contributed by atoms with Crippen molar-refractivity contribution in [1.82, 2.24) is 15.5 Å². The van der Waals surface area contributed by atoms with Crippen molar-refractivity contribution in [3.8, 4) is 0 Å². The van der Waals surface area contributed by atoms with E-state index in [1.54, 1.807) is 11.3 Å². The summed E-state index contributed by atoms with van der Waals surface area (Å²) >= 11 is 1.56. The third kappa shape index (κ3) is 6.62. The molecule has 1 heterocycles. The van der Waals surface area contributed by atoms with Gasteiger partial charge in [0.25, 0.3) is 0 Å². The van der Waals surface area contributed by atoms with E-state index in [1.165, 1.54) is 11.1 Å². The first-order valence-corrected chi connectivity index (χ1v) is 10.8. The zero-order chi connectivity index (χ0) is 20.6. The minimum Gasteiger partial charge on any atom is -0.383 e. The Morgan fingerprint density at radius 2 is 1.89 bits per heavy atom. The molecule has 0 amide bonds. The highest BCUT2D eigenvalue weighted by Crippen LogP contribution is 2.24. The fraction of sp³-hybridized carbons (Fsp3) is 0.500. The number of aliphatic imine (C=N–C) groups is 1. The van der Waals surface area contributed by atoms with Gasteiger partial charge in [0, 0.05) is 24.0 Å². The van der Waals surface area contributed by atoms with Crippen LogP contribution in [0.15, 0.2) is 46.8 Å². The number of nitrogens with zero attached hydrogens (tertiary/aromatic N) is 2. The lowest BCUT2D eigenvalue weighted by molar-refractivity contribution is 0.0655. The standard InChI is InChI=1S/C22H34N4OS/c1-6-23-21(25-16-22(4,27)20-12-9-13-28-20)24-14-18-10-7-8-11-19(18)15-26(5)17(2)3/h7-13,17,27H,6,14-16H2,1-5H3,(H2,23,24,25). The zero-order valence-electron chi connectivity index (χ0n) is 17.7. The van der Waals surface area contributed by atoms with Crippen LogP contribution in [0.3, 0.4) is 0 Å². The number of nitrogens with one attached hydrogen (secondary N) is 2. The molecule has 28 heavy (non-hydrogen) atoms. The smallest absolute Gasteiger partial charge is 0.191 e. The summed E-state index contributed by atoms with van der Waals surface area (Å²) < 4.78 is 0. The molecule has 0 fully saturated rings. The van der Waals surface area contributed by atoms with Gasteiger partial charge in [-0.05, 0) is 57.3 Å². The van der Waals surface area contributed by atoms with E-state index in [1.807, 2.05) is 31.4 Å². The van der Waals surface area contributed by atoms with Crippen molar-refractivity contribution in [2.24, 2.45) is 4.99 Å². The van der Waals surface area contributed by atoms with Gasteiger partial charge in [-0.15, -0.1) is 11.3 Å². The van der Waals surface area contributed by atoms with Gasteiger partial charge in [-0.3, -0.25) is 4.90 Å². The highest BCUT2D eigenvalue weighted by molar-refractivity contribution is 7.10. The number of aliphatic hydroxyl groups is 1. The summed E-state index contributed by atoms with van der Waals surface area (Å²) in [5, 5.41) is 19.3. The van der Waals surface area contributed by atoms with Crippen LogP contribution < -0.4 is 10.6 Å². The van der Waals surface area contributed by atoms with Crippen LogP contribution >= 0.6 is 11.3 Å². The van der Waals surface area contributed by atoms with Crippen molar-refractivity contribution in [3.63, 3.8) is 0 Å². The molecule has 0 aliphatic carbocycles. The van der Waals surface area contributed by atoms with Crippen molar-refractivity contribution in [2.45, 2.75) is 52.4 Å². The average Bonchev–Trinajstić information content (AvgIpc) is 3.20. The molecule has 0 saturated carbocycles. The molecule has 1 atom stereocenters. The van der Waals surface area contributed by atoms with Gasteiger partial charge in [-0.2, -0.15) is 0 Å². The molecule has 3 N–H and O–H groups in total. The summed E-state index contributed by atoms with van der Waals surface area (Å²) in [6.45, 7) is 10.9. The summed E-state index contributed by atoms with van der Waals surface area (Å²) in [6, 6.07) is 12.9. The monoisotopic (exact) mass is 402 g/mol. The van der Waals surface area contributed by atoms with Gasteiger partial charge in [0.1, 0.15) is 5.60 Å². The van der Waals surface area contributed by atoms with Gasteiger partial charge in [0.05, 0.1) is 13.1 Å². The van der Waals surface area contributed by atoms with Crippen molar-refractivity contribution in [1.29, 1.82) is 0 Å². The Bertz CT molecular complexity index is 741. The van der Waals surface area contributed by atoms with Gasteiger partial charge >= 0.3 is 0 Å². The van der Waals surface area contributed by atoms with Gasteiger partial charge in [-0.1, -0.05) is 30.3 Å². The van der Waals surface area contributed by atoms with Crippen LogP contribution in [0.4, 0.5) is 0 Å². The Labute approximate surface area is 173 Å². The fourth-order valence-electron chi connectivity index (χ4n) is 2.75. The van der Waals surface area contributed by atoms with Crippen LogP contribution in [0.25, 0.3) is 0 Å². The Morgan fingerprint density at radius 1 is 1.18 bits per heavy atom. The van der Waals surface area contributed by atoms with E-state index < -0.39 is 5.60 Å². The van der Waals surface area contributed by atoms with Crippen molar-refractivity contribution < 1.29 is 5.11 Å². The van der Waals surface area contributed by atoms with Crippen LogP contribution in [0.1, 0.15) is 43.7 Å². The normalized spacial score (nSPS) is 14.4. The Balaban J connectivity index is 2.06. The SMILES string of the molecule is CCNC(=NCc1ccccc1CN(C)C(C)C)NCC(C)(O)c1cccs1. The lowest BCUT2D eigenvalue weighted by atomic mass is 10.1. The highest BCUT2D eigenvalue weighted by Gasteiger charge is 2.24. The second-order valence-corrected chi connectivity index (χ2v) is 8.53. The van der Waals surface area contributed by atoms with Gasteiger partial charge < -0.3 is 15.7 Å². The van der Waals surface area contributed by atoms with E-state index in [-0.39, 0.29) is 0 Å². The minimum absolute atomic E-state index is 0.400. The number of guanidine groups is 1. The largest absolute Gasteiger partial charge is 0.383 e. The second-order valence-electron chi connectivity index (χ2n) is 7.58. The number of benzene rings is 1. The molecular weight excluding hydrogens is 368 g/mol. The number of thiophene rings is 1. The molecule has 0 spiro atoms. The third-order valence-corrected chi connectivity index (χ3v) is 5.95. The van der Waals surface area contributed by atoms with E-state index in [0.717, 1.165) is 18.0 Å². The molecular formula is C22H34N4OS. The van der Waals surface area contributed by atoms with E-state index in [2.05, 4.69) is 60.7 Å². The van der Waals surface area contributed by atoms with E-state index in [0.29, 0.717) is 25.1 Å². The second kappa shape index (κ2) is 10.6. The first-order chi connectivity index (χ1) is 13.3. The maximum Gasteiger partial charge on any atom is 0.191 e. The molecule has 0 bridgehead atoms. The molecule has 0 saturated heterocycles. The lowest BCUT2D eigenvalue weighted by Gasteiger charge is -2.24. The summed E-state index contributed by atoms with van der Waals surface area (Å²) in [4.78, 5) is 8.02. The molecule has 1 aromatic carbocycles. The lowest BCUT2D eigenvalue weighted by Crippen LogP contribution is -2.44. The van der Waals surface area contributed by atoms with Crippen LogP contribution in [0.5, 0.6) is 0 Å². The topological polar surface area (TPSA) is 59.9 Å². The van der Waals surface area contributed by atoms with Crippen LogP contribution in [-0.4, -0.2) is 42.1 Å².